The molecule has 5 heteroatoms. The number of nitrogens with zero attached hydrogens (tertiary/aromatic N) is 1. The summed E-state index contributed by atoms with van der Waals surface area (Å²) in [5.41, 5.74) is 1.75. The summed E-state index contributed by atoms with van der Waals surface area (Å²) in [4.78, 5) is 0.256. The van der Waals surface area contributed by atoms with Gasteiger partial charge in [0.2, 0.25) is 10.0 Å². The van der Waals surface area contributed by atoms with Crippen molar-refractivity contribution in [3.05, 3.63) is 42.0 Å². The zero-order valence-electron chi connectivity index (χ0n) is 11.2. The summed E-state index contributed by atoms with van der Waals surface area (Å²) >= 11 is 0. The number of aliphatic hydroxyl groups excluding tert-OH is 1. The Morgan fingerprint density at radius 1 is 1.32 bits per heavy atom. The average Bonchev–Trinajstić information content (AvgIpc) is 2.34. The summed E-state index contributed by atoms with van der Waals surface area (Å²) < 4.78 is 26.5. The van der Waals surface area contributed by atoms with E-state index in [1.165, 1.54) is 4.31 Å². The molecule has 0 spiro atoms. The van der Waals surface area contributed by atoms with Crippen LogP contribution in [0.4, 0.5) is 0 Å². The minimum absolute atomic E-state index is 0.256. The van der Waals surface area contributed by atoms with Crippen molar-refractivity contribution in [3.8, 4) is 0 Å². The van der Waals surface area contributed by atoms with Gasteiger partial charge in [0.05, 0.1) is 11.0 Å². The Kier molecular flexibility index (Phi) is 3.80. The highest BCUT2D eigenvalue weighted by molar-refractivity contribution is 7.89. The van der Waals surface area contributed by atoms with E-state index in [0.717, 1.165) is 11.1 Å². The van der Waals surface area contributed by atoms with Gasteiger partial charge in [-0.15, -0.1) is 0 Å². The van der Waals surface area contributed by atoms with Crippen LogP contribution in [-0.4, -0.2) is 36.5 Å². The molecule has 1 aromatic carbocycles. The maximum Gasteiger partial charge on any atom is 0.243 e. The molecular formula is C14H19NO3S. The number of sulfonamides is 1. The van der Waals surface area contributed by atoms with Crippen LogP contribution in [0, 0.1) is 6.92 Å². The normalized spacial score (nSPS) is 25.5. The highest BCUT2D eigenvalue weighted by Crippen LogP contribution is 2.27. The van der Waals surface area contributed by atoms with Gasteiger partial charge < -0.3 is 5.11 Å². The Hall–Kier alpha value is -1.17. The lowest BCUT2D eigenvalue weighted by molar-refractivity contribution is 0.0825. The van der Waals surface area contributed by atoms with Crippen molar-refractivity contribution in [1.82, 2.24) is 4.31 Å². The van der Waals surface area contributed by atoms with Gasteiger partial charge in [-0.3, -0.25) is 0 Å². The first-order chi connectivity index (χ1) is 8.82. The smallest absolute Gasteiger partial charge is 0.243 e. The predicted octanol–water partition coefficient (Wildman–Crippen LogP) is 1.70. The van der Waals surface area contributed by atoms with Crippen molar-refractivity contribution in [3.63, 3.8) is 0 Å². The van der Waals surface area contributed by atoms with Gasteiger partial charge in [-0.2, -0.15) is 4.31 Å². The molecule has 1 aliphatic rings. The van der Waals surface area contributed by atoms with Gasteiger partial charge in [0.15, 0.2) is 0 Å². The fourth-order valence-electron chi connectivity index (χ4n) is 2.24. The molecule has 2 atom stereocenters. The lowest BCUT2D eigenvalue weighted by Gasteiger charge is -2.36. The first-order valence-electron chi connectivity index (χ1n) is 6.25. The van der Waals surface area contributed by atoms with Crippen LogP contribution in [0.3, 0.4) is 0 Å². The maximum atomic E-state index is 12.6. The van der Waals surface area contributed by atoms with E-state index in [-0.39, 0.29) is 11.4 Å². The molecular weight excluding hydrogens is 262 g/mol. The van der Waals surface area contributed by atoms with E-state index < -0.39 is 22.2 Å². The van der Waals surface area contributed by atoms with E-state index in [9.17, 15) is 13.5 Å². The van der Waals surface area contributed by atoms with E-state index in [1.54, 1.807) is 31.2 Å². The topological polar surface area (TPSA) is 57.6 Å². The molecule has 1 saturated heterocycles. The lowest BCUT2D eigenvalue weighted by atomic mass is 10.00. The van der Waals surface area contributed by atoms with Gasteiger partial charge in [0.1, 0.15) is 0 Å². The number of hydrogen-bond donors (Lipinski definition) is 1. The molecule has 19 heavy (non-hydrogen) atoms. The molecule has 0 aromatic heterocycles. The molecule has 4 nitrogen and oxygen atoms in total. The number of hydrogen-bond acceptors (Lipinski definition) is 3. The van der Waals surface area contributed by atoms with E-state index in [1.807, 2.05) is 6.92 Å². The predicted molar refractivity (Wildman–Crippen MR) is 74.3 cm³/mol. The molecule has 0 amide bonds. The molecule has 1 aromatic rings. The van der Waals surface area contributed by atoms with Crippen molar-refractivity contribution in [2.75, 3.05) is 6.54 Å². The average molecular weight is 281 g/mol. The van der Waals surface area contributed by atoms with Gasteiger partial charge >= 0.3 is 0 Å². The minimum atomic E-state index is -3.58. The first-order valence-corrected chi connectivity index (χ1v) is 7.69. The Balaban J connectivity index is 2.38. The van der Waals surface area contributed by atoms with Crippen molar-refractivity contribution >= 4 is 10.0 Å². The highest BCUT2D eigenvalue weighted by atomic mass is 32.2. The molecule has 1 fully saturated rings. The number of aliphatic hydroxyl groups is 1. The molecule has 1 N–H and O–H groups in total. The lowest BCUT2D eigenvalue weighted by Crippen LogP contribution is -2.49. The Labute approximate surface area is 114 Å². The third-order valence-electron chi connectivity index (χ3n) is 3.52. The van der Waals surface area contributed by atoms with Gasteiger partial charge in [-0.1, -0.05) is 29.8 Å². The summed E-state index contributed by atoms with van der Waals surface area (Å²) in [5.74, 6) is 0. The van der Waals surface area contributed by atoms with Crippen molar-refractivity contribution in [2.24, 2.45) is 0 Å². The molecule has 0 radical (unpaired) electrons. The van der Waals surface area contributed by atoms with Crippen molar-refractivity contribution < 1.29 is 13.5 Å². The van der Waals surface area contributed by atoms with Crippen LogP contribution in [0.25, 0.3) is 0 Å². The van der Waals surface area contributed by atoms with E-state index in [4.69, 9.17) is 0 Å². The first kappa shape index (κ1) is 14.2. The molecule has 0 saturated carbocycles. The second-order valence-corrected chi connectivity index (χ2v) is 7.02. The molecule has 104 valence electrons. The number of piperidine rings is 1. The van der Waals surface area contributed by atoms with Gasteiger partial charge in [-0.25, -0.2) is 8.42 Å². The van der Waals surface area contributed by atoms with Gasteiger partial charge in [0, 0.05) is 12.6 Å². The summed E-state index contributed by atoms with van der Waals surface area (Å²) in [7, 11) is -3.58. The summed E-state index contributed by atoms with van der Waals surface area (Å²) in [6, 6.07) is 6.30. The Bertz CT molecular complexity index is 577. The molecule has 0 aliphatic carbocycles. The largest absolute Gasteiger partial charge is 0.391 e. The van der Waals surface area contributed by atoms with Crippen LogP contribution in [0.1, 0.15) is 18.9 Å². The molecule has 0 bridgehead atoms. The highest BCUT2D eigenvalue weighted by Gasteiger charge is 2.36. The van der Waals surface area contributed by atoms with Crippen LogP contribution in [0.5, 0.6) is 0 Å². The zero-order chi connectivity index (χ0) is 14.2. The van der Waals surface area contributed by atoms with E-state index in [2.05, 4.69) is 6.58 Å². The van der Waals surface area contributed by atoms with Crippen LogP contribution in [-0.2, 0) is 10.0 Å². The Morgan fingerprint density at radius 3 is 2.47 bits per heavy atom. The summed E-state index contributed by atoms with van der Waals surface area (Å²) in [6.45, 7) is 7.71. The van der Waals surface area contributed by atoms with E-state index >= 15 is 0 Å². The zero-order valence-corrected chi connectivity index (χ0v) is 12.0. The van der Waals surface area contributed by atoms with Crippen LogP contribution in [0.2, 0.25) is 0 Å². The fraction of sp³-hybridized carbons (Fsp3) is 0.429. The second-order valence-electron chi connectivity index (χ2n) is 5.13. The summed E-state index contributed by atoms with van der Waals surface area (Å²) in [6.07, 6.45) is -0.234. The number of rotatable bonds is 2. The molecule has 1 aliphatic heterocycles. The van der Waals surface area contributed by atoms with Crippen LogP contribution < -0.4 is 0 Å². The van der Waals surface area contributed by atoms with Gasteiger partial charge in [0.25, 0.3) is 0 Å². The number of benzene rings is 1. The molecule has 1 heterocycles. The quantitative estimate of drug-likeness (QED) is 0.839. The maximum absolute atomic E-state index is 12.6. The summed E-state index contributed by atoms with van der Waals surface area (Å²) in [5, 5.41) is 9.91. The SMILES string of the molecule is C=C1C[C@@H](O)[C@H](C)N(S(=O)(=O)c2ccc(C)cc2)C1. The van der Waals surface area contributed by atoms with Crippen molar-refractivity contribution in [1.29, 1.82) is 0 Å². The van der Waals surface area contributed by atoms with Crippen LogP contribution >= 0.6 is 0 Å². The standard InChI is InChI=1S/C14H19NO3S/c1-10-4-6-13(7-5-10)19(17,18)15-9-11(2)8-14(16)12(15)3/h4-7,12,14,16H,2,8-9H2,1,3H3/t12-,14+/m0/s1. The van der Waals surface area contributed by atoms with E-state index in [0.29, 0.717) is 6.42 Å². The Morgan fingerprint density at radius 2 is 1.89 bits per heavy atom. The third kappa shape index (κ3) is 2.73. The third-order valence-corrected chi connectivity index (χ3v) is 5.46. The fourth-order valence-corrected chi connectivity index (χ4v) is 3.92. The molecule has 0 unspecified atom stereocenters. The second kappa shape index (κ2) is 5.07. The number of aryl methyl sites for hydroxylation is 1. The van der Waals surface area contributed by atoms with Gasteiger partial charge in [-0.05, 0) is 32.4 Å². The minimum Gasteiger partial charge on any atom is -0.391 e. The molecule has 2 rings (SSSR count). The van der Waals surface area contributed by atoms with Crippen molar-refractivity contribution in [2.45, 2.75) is 37.3 Å². The van der Waals surface area contributed by atoms with Crippen LogP contribution in [0.15, 0.2) is 41.3 Å². The monoisotopic (exact) mass is 281 g/mol.